The van der Waals surface area contributed by atoms with Crippen molar-refractivity contribution in [2.45, 2.75) is 37.8 Å². The smallest absolute Gasteiger partial charge is 0.255 e. The molecule has 30 heavy (non-hydrogen) atoms. The number of hydrogen-bond donors (Lipinski definition) is 0. The molecule has 3 aliphatic rings. The van der Waals surface area contributed by atoms with Gasteiger partial charge < -0.3 is 9.80 Å². The molecule has 3 aliphatic heterocycles. The molecule has 2 aromatic heterocycles. The van der Waals surface area contributed by atoms with Gasteiger partial charge in [0, 0.05) is 37.3 Å². The molecule has 2 saturated heterocycles. The molecule has 0 bridgehead atoms. The van der Waals surface area contributed by atoms with Crippen LogP contribution in [0.3, 0.4) is 0 Å². The molecule has 0 saturated carbocycles. The van der Waals surface area contributed by atoms with Crippen LogP contribution >= 0.6 is 0 Å². The van der Waals surface area contributed by atoms with Crippen molar-refractivity contribution < 1.29 is 4.79 Å². The second-order valence-electron chi connectivity index (χ2n) is 8.18. The molecular formula is C23H22N6O. The van der Waals surface area contributed by atoms with E-state index < -0.39 is 0 Å². The summed E-state index contributed by atoms with van der Waals surface area (Å²) in [7, 11) is 0. The molecule has 6 rings (SSSR count). The zero-order valence-corrected chi connectivity index (χ0v) is 16.6. The standard InChI is InChI=1S/C23H22N6O/c30-23(16-12-15-4-1-2-5-17(15)25-13-16)29-10-3-6-19-20(29)8-11-28(19)22-21-18(7-9-24-21)26-14-27-22/h1-2,4-5,9,12-14,19-20H,3,6-8,10-11H2/t19-,20-/m1/s1. The largest absolute Gasteiger partial charge is 0.350 e. The zero-order valence-electron chi connectivity index (χ0n) is 16.6. The fourth-order valence-corrected chi connectivity index (χ4v) is 5.17. The highest BCUT2D eigenvalue weighted by molar-refractivity contribution is 5.97. The van der Waals surface area contributed by atoms with Gasteiger partial charge in [-0.25, -0.2) is 9.97 Å². The maximum Gasteiger partial charge on any atom is 0.255 e. The second kappa shape index (κ2) is 6.86. The first-order chi connectivity index (χ1) is 14.8. The van der Waals surface area contributed by atoms with Crippen LogP contribution in [0.25, 0.3) is 10.9 Å². The van der Waals surface area contributed by atoms with E-state index >= 15 is 0 Å². The van der Waals surface area contributed by atoms with Crippen LogP contribution < -0.4 is 4.90 Å². The predicted molar refractivity (Wildman–Crippen MR) is 115 cm³/mol. The van der Waals surface area contributed by atoms with E-state index in [-0.39, 0.29) is 18.0 Å². The summed E-state index contributed by atoms with van der Waals surface area (Å²) in [5.74, 6) is 0.999. The van der Waals surface area contributed by atoms with Crippen LogP contribution in [-0.4, -0.2) is 57.1 Å². The van der Waals surface area contributed by atoms with Gasteiger partial charge in [0.2, 0.25) is 0 Å². The first-order valence-corrected chi connectivity index (χ1v) is 10.6. The van der Waals surface area contributed by atoms with Crippen LogP contribution in [-0.2, 0) is 6.42 Å². The number of likely N-dealkylation sites (tertiary alicyclic amines) is 1. The highest BCUT2D eigenvalue weighted by atomic mass is 16.2. The number of piperidine rings is 1. The number of hydrogen-bond acceptors (Lipinski definition) is 6. The van der Waals surface area contributed by atoms with Crippen LogP contribution in [0, 0.1) is 0 Å². The third kappa shape index (κ3) is 2.69. The van der Waals surface area contributed by atoms with E-state index in [0.717, 1.165) is 66.9 Å². The summed E-state index contributed by atoms with van der Waals surface area (Å²) >= 11 is 0. The van der Waals surface area contributed by atoms with Crippen LogP contribution in [0.2, 0.25) is 0 Å². The van der Waals surface area contributed by atoms with E-state index in [1.54, 1.807) is 12.5 Å². The Morgan fingerprint density at radius 1 is 1.03 bits per heavy atom. The van der Waals surface area contributed by atoms with Gasteiger partial charge in [-0.05, 0) is 31.4 Å². The summed E-state index contributed by atoms with van der Waals surface area (Å²) in [6.07, 6.45) is 9.02. The third-order valence-corrected chi connectivity index (χ3v) is 6.56. The number of nitrogens with zero attached hydrogens (tertiary/aromatic N) is 6. The second-order valence-corrected chi connectivity index (χ2v) is 8.18. The molecule has 0 aliphatic carbocycles. The molecule has 2 atom stereocenters. The van der Waals surface area contributed by atoms with Crippen molar-refractivity contribution in [3.8, 4) is 0 Å². The molecule has 150 valence electrons. The fraction of sp³-hybridized carbons (Fsp3) is 0.348. The topological polar surface area (TPSA) is 74.6 Å². The summed E-state index contributed by atoms with van der Waals surface area (Å²) in [4.78, 5) is 35.8. The number of benzene rings is 1. The monoisotopic (exact) mass is 398 g/mol. The Morgan fingerprint density at radius 3 is 2.93 bits per heavy atom. The van der Waals surface area contributed by atoms with Crippen molar-refractivity contribution in [3.05, 3.63) is 54.1 Å². The van der Waals surface area contributed by atoms with Gasteiger partial charge in [-0.3, -0.25) is 14.8 Å². The molecule has 7 nitrogen and oxygen atoms in total. The van der Waals surface area contributed by atoms with Crippen molar-refractivity contribution in [2.24, 2.45) is 4.99 Å². The first-order valence-electron chi connectivity index (χ1n) is 10.6. The molecule has 2 fully saturated rings. The molecular weight excluding hydrogens is 376 g/mol. The Labute approximate surface area is 174 Å². The SMILES string of the molecule is O=C(c1cnc2ccccc2c1)N1CCC[C@@H]2[C@H]1CCN2c1ncnc2c1N=CC2. The molecule has 0 N–H and O–H groups in total. The van der Waals surface area contributed by atoms with E-state index in [1.165, 1.54) is 0 Å². The van der Waals surface area contributed by atoms with Gasteiger partial charge in [0.1, 0.15) is 12.0 Å². The lowest BCUT2D eigenvalue weighted by Crippen LogP contribution is -2.52. The van der Waals surface area contributed by atoms with Gasteiger partial charge in [-0.15, -0.1) is 0 Å². The normalized spacial score (nSPS) is 22.4. The average molecular weight is 398 g/mol. The molecule has 1 amide bonds. The third-order valence-electron chi connectivity index (χ3n) is 6.56. The van der Waals surface area contributed by atoms with Crippen molar-refractivity contribution in [1.82, 2.24) is 19.9 Å². The molecule has 1 aromatic carbocycles. The minimum absolute atomic E-state index is 0.0794. The summed E-state index contributed by atoms with van der Waals surface area (Å²) in [5, 5.41) is 0.999. The lowest BCUT2D eigenvalue weighted by molar-refractivity contribution is 0.0608. The molecule has 5 heterocycles. The van der Waals surface area contributed by atoms with Crippen molar-refractivity contribution in [2.75, 3.05) is 18.0 Å². The number of aromatic nitrogens is 3. The van der Waals surface area contributed by atoms with E-state index in [0.29, 0.717) is 5.56 Å². The Hall–Kier alpha value is -3.35. The summed E-state index contributed by atoms with van der Waals surface area (Å²) in [6.45, 7) is 1.68. The zero-order chi connectivity index (χ0) is 20.1. The van der Waals surface area contributed by atoms with Crippen LogP contribution in [0.1, 0.15) is 35.3 Å². The Bertz CT molecular complexity index is 1180. The van der Waals surface area contributed by atoms with Gasteiger partial charge in [0.15, 0.2) is 5.82 Å². The average Bonchev–Trinajstić information content (AvgIpc) is 3.45. The molecule has 0 unspecified atom stereocenters. The van der Waals surface area contributed by atoms with Crippen LogP contribution in [0.4, 0.5) is 11.5 Å². The van der Waals surface area contributed by atoms with Crippen molar-refractivity contribution in [3.63, 3.8) is 0 Å². The number of para-hydroxylation sites is 1. The van der Waals surface area contributed by atoms with Gasteiger partial charge >= 0.3 is 0 Å². The molecule has 0 spiro atoms. The summed E-state index contributed by atoms with van der Waals surface area (Å²) in [5.41, 5.74) is 3.48. The maximum atomic E-state index is 13.4. The summed E-state index contributed by atoms with van der Waals surface area (Å²) < 4.78 is 0. The Kier molecular flexibility index (Phi) is 4.00. The van der Waals surface area contributed by atoms with Gasteiger partial charge in [-0.1, -0.05) is 18.2 Å². The fourth-order valence-electron chi connectivity index (χ4n) is 5.17. The predicted octanol–water partition coefficient (Wildman–Crippen LogP) is 3.17. The number of aliphatic imine (C=N–C) groups is 1. The number of rotatable bonds is 2. The highest BCUT2D eigenvalue weighted by Crippen LogP contribution is 2.40. The number of amides is 1. The Balaban J connectivity index is 1.30. The number of carbonyl (C=O) groups excluding carboxylic acids is 1. The van der Waals surface area contributed by atoms with Crippen LogP contribution in [0.5, 0.6) is 0 Å². The van der Waals surface area contributed by atoms with Crippen molar-refractivity contribution >= 4 is 34.5 Å². The maximum absolute atomic E-state index is 13.4. The minimum atomic E-state index is 0.0794. The molecule has 3 aromatic rings. The number of pyridine rings is 1. The lowest BCUT2D eigenvalue weighted by Gasteiger charge is -2.40. The van der Waals surface area contributed by atoms with Gasteiger partial charge in [-0.2, -0.15) is 0 Å². The Morgan fingerprint density at radius 2 is 1.97 bits per heavy atom. The summed E-state index contributed by atoms with van der Waals surface area (Å²) in [6, 6.07) is 10.3. The molecule has 0 radical (unpaired) electrons. The molecule has 7 heteroatoms. The number of anilines is 1. The van der Waals surface area contributed by atoms with Gasteiger partial charge in [0.25, 0.3) is 5.91 Å². The first kappa shape index (κ1) is 17.5. The number of carbonyl (C=O) groups is 1. The lowest BCUT2D eigenvalue weighted by atomic mass is 9.95. The van der Waals surface area contributed by atoms with Crippen molar-refractivity contribution in [1.29, 1.82) is 0 Å². The van der Waals surface area contributed by atoms with E-state index in [4.69, 9.17) is 0 Å². The quantitative estimate of drug-likeness (QED) is 0.663. The minimum Gasteiger partial charge on any atom is -0.350 e. The van der Waals surface area contributed by atoms with Gasteiger partial charge in [0.05, 0.1) is 28.9 Å². The highest BCUT2D eigenvalue weighted by Gasteiger charge is 2.43. The number of fused-ring (bicyclic) bond motifs is 3. The van der Waals surface area contributed by atoms with E-state index in [2.05, 4.69) is 29.7 Å². The van der Waals surface area contributed by atoms with Crippen LogP contribution in [0.15, 0.2) is 47.8 Å². The van der Waals surface area contributed by atoms with E-state index in [1.807, 2.05) is 36.5 Å². The van der Waals surface area contributed by atoms with E-state index in [9.17, 15) is 4.79 Å².